The van der Waals surface area contributed by atoms with Gasteiger partial charge in [0.15, 0.2) is 5.82 Å². The van der Waals surface area contributed by atoms with Gasteiger partial charge < -0.3 is 5.32 Å². The summed E-state index contributed by atoms with van der Waals surface area (Å²) in [4.78, 5) is 12.6. The molecule has 4 nitrogen and oxygen atoms in total. The van der Waals surface area contributed by atoms with E-state index in [1.54, 1.807) is 6.20 Å². The Labute approximate surface area is 112 Å². The number of halogens is 1. The van der Waals surface area contributed by atoms with E-state index in [4.69, 9.17) is 11.6 Å². The van der Waals surface area contributed by atoms with Crippen molar-refractivity contribution in [2.24, 2.45) is 0 Å². The Bertz CT molecular complexity index is 515. The summed E-state index contributed by atoms with van der Waals surface area (Å²) < 4.78 is 0. The van der Waals surface area contributed by atoms with Gasteiger partial charge in [-0.3, -0.25) is 4.98 Å². The van der Waals surface area contributed by atoms with Gasteiger partial charge in [-0.15, -0.1) is 0 Å². The van der Waals surface area contributed by atoms with E-state index in [1.807, 2.05) is 12.1 Å². The largest absolute Gasteiger partial charge is 0.368 e. The lowest BCUT2D eigenvalue weighted by atomic mass is 10.2. The zero-order valence-electron chi connectivity index (χ0n) is 10.5. The van der Waals surface area contributed by atoms with E-state index in [9.17, 15) is 0 Å². The van der Waals surface area contributed by atoms with Gasteiger partial charge in [-0.1, -0.05) is 26.2 Å². The number of pyridine rings is 1. The second-order valence-corrected chi connectivity index (χ2v) is 4.54. The van der Waals surface area contributed by atoms with Crippen LogP contribution in [0.4, 0.5) is 5.82 Å². The highest BCUT2D eigenvalue weighted by atomic mass is 35.5. The summed E-state index contributed by atoms with van der Waals surface area (Å²) >= 11 is 5.90. The molecule has 2 aromatic rings. The monoisotopic (exact) mass is 264 g/mol. The van der Waals surface area contributed by atoms with Crippen molar-refractivity contribution in [1.82, 2.24) is 15.0 Å². The van der Waals surface area contributed by atoms with Crippen molar-refractivity contribution in [2.45, 2.75) is 32.6 Å². The number of anilines is 1. The summed E-state index contributed by atoms with van der Waals surface area (Å²) in [6, 6.07) is 3.73. The average molecular weight is 265 g/mol. The van der Waals surface area contributed by atoms with Crippen LogP contribution in [0.2, 0.25) is 5.28 Å². The molecule has 18 heavy (non-hydrogen) atoms. The van der Waals surface area contributed by atoms with Gasteiger partial charge in [0.2, 0.25) is 5.28 Å². The second kappa shape index (κ2) is 6.50. The van der Waals surface area contributed by atoms with Gasteiger partial charge in [0, 0.05) is 12.7 Å². The second-order valence-electron chi connectivity index (χ2n) is 4.20. The van der Waals surface area contributed by atoms with E-state index < -0.39 is 0 Å². The fourth-order valence-corrected chi connectivity index (χ4v) is 2.00. The van der Waals surface area contributed by atoms with Crippen LogP contribution < -0.4 is 5.32 Å². The van der Waals surface area contributed by atoms with Crippen molar-refractivity contribution in [3.8, 4) is 0 Å². The lowest BCUT2D eigenvalue weighted by molar-refractivity contribution is 0.684. The van der Waals surface area contributed by atoms with Crippen LogP contribution >= 0.6 is 11.6 Å². The standard InChI is InChI=1S/C13H17ClN4/c1-2-3-4-5-8-16-12-11-10(7-6-9-15-11)17-13(14)18-12/h6-7,9H,2-5,8H2,1H3,(H,16,17,18). The summed E-state index contributed by atoms with van der Waals surface area (Å²) in [5.74, 6) is 0.724. The van der Waals surface area contributed by atoms with Gasteiger partial charge in [0.1, 0.15) is 5.52 Å². The molecule has 2 heterocycles. The predicted molar refractivity (Wildman–Crippen MR) is 75.0 cm³/mol. The molecule has 2 aromatic heterocycles. The van der Waals surface area contributed by atoms with Crippen LogP contribution in [-0.4, -0.2) is 21.5 Å². The average Bonchev–Trinajstić information content (AvgIpc) is 2.38. The third-order valence-electron chi connectivity index (χ3n) is 2.75. The number of aromatic nitrogens is 3. The molecule has 0 aliphatic carbocycles. The molecule has 0 radical (unpaired) electrons. The minimum absolute atomic E-state index is 0.256. The summed E-state index contributed by atoms with van der Waals surface area (Å²) in [5, 5.41) is 3.55. The number of rotatable bonds is 6. The summed E-state index contributed by atoms with van der Waals surface area (Å²) in [6.07, 6.45) is 6.61. The number of fused-ring (bicyclic) bond motifs is 1. The Kier molecular flexibility index (Phi) is 4.70. The van der Waals surface area contributed by atoms with Crippen molar-refractivity contribution in [2.75, 3.05) is 11.9 Å². The summed E-state index contributed by atoms with van der Waals surface area (Å²) in [6.45, 7) is 3.09. The van der Waals surface area contributed by atoms with Crippen LogP contribution in [0.25, 0.3) is 11.0 Å². The van der Waals surface area contributed by atoms with Crippen LogP contribution in [-0.2, 0) is 0 Å². The maximum absolute atomic E-state index is 5.90. The molecule has 1 N–H and O–H groups in total. The molecule has 0 bridgehead atoms. The topological polar surface area (TPSA) is 50.7 Å². The van der Waals surface area contributed by atoms with Crippen LogP contribution in [0.15, 0.2) is 18.3 Å². The molecule has 0 aromatic carbocycles. The first-order valence-corrected chi connectivity index (χ1v) is 6.71. The Balaban J connectivity index is 2.07. The lowest BCUT2D eigenvalue weighted by Crippen LogP contribution is -2.05. The highest BCUT2D eigenvalue weighted by molar-refractivity contribution is 6.28. The molecule has 96 valence electrons. The molecule has 0 saturated carbocycles. The van der Waals surface area contributed by atoms with Crippen molar-refractivity contribution >= 4 is 28.5 Å². The quantitative estimate of drug-likeness (QED) is 0.639. The molecule has 0 fully saturated rings. The van der Waals surface area contributed by atoms with Gasteiger partial charge in [0.05, 0.1) is 5.52 Å². The van der Waals surface area contributed by atoms with Crippen LogP contribution in [0, 0.1) is 0 Å². The highest BCUT2D eigenvalue weighted by Crippen LogP contribution is 2.19. The molecular weight excluding hydrogens is 248 g/mol. The fourth-order valence-electron chi connectivity index (χ4n) is 1.82. The molecule has 0 saturated heterocycles. The molecule has 0 amide bonds. The molecule has 0 aliphatic rings. The first-order valence-electron chi connectivity index (χ1n) is 6.33. The normalized spacial score (nSPS) is 10.8. The highest BCUT2D eigenvalue weighted by Gasteiger charge is 2.06. The van der Waals surface area contributed by atoms with E-state index in [0.29, 0.717) is 0 Å². The number of hydrogen-bond donors (Lipinski definition) is 1. The van der Waals surface area contributed by atoms with Crippen LogP contribution in [0.3, 0.4) is 0 Å². The van der Waals surface area contributed by atoms with E-state index >= 15 is 0 Å². The van der Waals surface area contributed by atoms with Gasteiger partial charge in [-0.05, 0) is 30.2 Å². The summed E-state index contributed by atoms with van der Waals surface area (Å²) in [5.41, 5.74) is 1.55. The van der Waals surface area contributed by atoms with Gasteiger partial charge in [-0.2, -0.15) is 4.98 Å². The number of unbranched alkanes of at least 4 members (excludes halogenated alkanes) is 3. The zero-order valence-corrected chi connectivity index (χ0v) is 11.2. The zero-order chi connectivity index (χ0) is 12.8. The lowest BCUT2D eigenvalue weighted by Gasteiger charge is -2.07. The summed E-state index contributed by atoms with van der Waals surface area (Å²) in [7, 11) is 0. The van der Waals surface area contributed by atoms with Crippen LogP contribution in [0.5, 0.6) is 0 Å². The van der Waals surface area contributed by atoms with E-state index in [0.717, 1.165) is 29.8 Å². The minimum atomic E-state index is 0.256. The van der Waals surface area contributed by atoms with Crippen molar-refractivity contribution in [1.29, 1.82) is 0 Å². The molecule has 0 aliphatic heterocycles. The van der Waals surface area contributed by atoms with Crippen molar-refractivity contribution in [3.63, 3.8) is 0 Å². The van der Waals surface area contributed by atoms with Crippen molar-refractivity contribution < 1.29 is 0 Å². The maximum Gasteiger partial charge on any atom is 0.225 e. The van der Waals surface area contributed by atoms with Gasteiger partial charge in [-0.25, -0.2) is 4.98 Å². The van der Waals surface area contributed by atoms with Crippen molar-refractivity contribution in [3.05, 3.63) is 23.6 Å². The molecule has 0 spiro atoms. The smallest absolute Gasteiger partial charge is 0.225 e. The van der Waals surface area contributed by atoms with E-state index in [2.05, 4.69) is 27.2 Å². The Morgan fingerprint density at radius 2 is 2.11 bits per heavy atom. The molecule has 0 unspecified atom stereocenters. The third-order valence-corrected chi connectivity index (χ3v) is 2.92. The Morgan fingerprint density at radius 3 is 2.94 bits per heavy atom. The first kappa shape index (κ1) is 13.0. The Hall–Kier alpha value is -1.42. The SMILES string of the molecule is CCCCCCNc1nc(Cl)nc2cccnc12. The first-order chi connectivity index (χ1) is 8.81. The molecule has 5 heteroatoms. The van der Waals surface area contributed by atoms with E-state index in [1.165, 1.54) is 19.3 Å². The number of hydrogen-bond acceptors (Lipinski definition) is 4. The maximum atomic E-state index is 5.90. The van der Waals surface area contributed by atoms with E-state index in [-0.39, 0.29) is 5.28 Å². The number of nitrogens with zero attached hydrogens (tertiary/aromatic N) is 3. The van der Waals surface area contributed by atoms with Gasteiger partial charge >= 0.3 is 0 Å². The predicted octanol–water partition coefficient (Wildman–Crippen LogP) is 3.67. The molecule has 2 rings (SSSR count). The minimum Gasteiger partial charge on any atom is -0.368 e. The third kappa shape index (κ3) is 3.29. The number of nitrogens with one attached hydrogen (secondary N) is 1. The molecular formula is C13H17ClN4. The Morgan fingerprint density at radius 1 is 1.22 bits per heavy atom. The van der Waals surface area contributed by atoms with Crippen LogP contribution in [0.1, 0.15) is 32.6 Å². The van der Waals surface area contributed by atoms with Gasteiger partial charge in [0.25, 0.3) is 0 Å². The fraction of sp³-hybridized carbons (Fsp3) is 0.462. The molecule has 0 atom stereocenters.